The molecule has 0 spiro atoms. The van der Waals surface area contributed by atoms with Crippen molar-refractivity contribution in [3.8, 4) is 11.1 Å². The SMILES string of the molecule is FC(F)(F)c1ccc(-c2ccc3c([c]cn3CC3CCC3)c2)cc1. The zero-order valence-electron chi connectivity index (χ0n) is 13.1. The molecule has 0 unspecified atom stereocenters. The molecule has 3 aromatic rings. The highest BCUT2D eigenvalue weighted by Crippen LogP contribution is 2.33. The average Bonchev–Trinajstić information content (AvgIpc) is 2.92. The molecule has 0 saturated heterocycles. The van der Waals surface area contributed by atoms with Crippen LogP contribution in [0.25, 0.3) is 22.0 Å². The van der Waals surface area contributed by atoms with E-state index in [1.165, 1.54) is 31.4 Å². The van der Waals surface area contributed by atoms with E-state index >= 15 is 0 Å². The van der Waals surface area contributed by atoms with Crippen LogP contribution in [0.1, 0.15) is 24.8 Å². The molecule has 1 saturated carbocycles. The second-order valence-electron chi connectivity index (χ2n) is 6.53. The maximum Gasteiger partial charge on any atom is 0.416 e. The van der Waals surface area contributed by atoms with Gasteiger partial charge in [0, 0.05) is 29.7 Å². The first-order chi connectivity index (χ1) is 11.5. The maximum atomic E-state index is 12.7. The lowest BCUT2D eigenvalue weighted by atomic mass is 9.85. The Hall–Kier alpha value is -2.23. The standard InChI is InChI=1S/C20H17F3N/c21-20(22,23)18-7-4-15(5-8-18)16-6-9-19-17(12-16)10-11-24(19)13-14-2-1-3-14/h4-9,11-12,14H,1-3,13H2. The van der Waals surface area contributed by atoms with E-state index < -0.39 is 11.7 Å². The van der Waals surface area contributed by atoms with Crippen molar-refractivity contribution in [2.24, 2.45) is 5.92 Å². The second-order valence-corrected chi connectivity index (χ2v) is 6.53. The first kappa shape index (κ1) is 15.3. The molecule has 4 rings (SSSR count). The Balaban J connectivity index is 1.63. The monoisotopic (exact) mass is 328 g/mol. The van der Waals surface area contributed by atoms with Crippen molar-refractivity contribution < 1.29 is 13.2 Å². The molecule has 1 nitrogen and oxygen atoms in total. The van der Waals surface area contributed by atoms with Gasteiger partial charge in [0.15, 0.2) is 0 Å². The van der Waals surface area contributed by atoms with E-state index in [-0.39, 0.29) is 0 Å². The van der Waals surface area contributed by atoms with E-state index in [1.54, 1.807) is 0 Å². The van der Waals surface area contributed by atoms with Crippen molar-refractivity contribution in [1.82, 2.24) is 4.57 Å². The van der Waals surface area contributed by atoms with Gasteiger partial charge in [0.1, 0.15) is 0 Å². The molecule has 0 aliphatic heterocycles. The molecule has 4 heteroatoms. The van der Waals surface area contributed by atoms with Crippen molar-refractivity contribution >= 4 is 10.9 Å². The lowest BCUT2D eigenvalue weighted by Crippen LogP contribution is -2.17. The van der Waals surface area contributed by atoms with Gasteiger partial charge in [-0.25, -0.2) is 0 Å². The average molecular weight is 328 g/mol. The topological polar surface area (TPSA) is 4.93 Å². The minimum Gasteiger partial charge on any atom is -0.347 e. The molecule has 123 valence electrons. The highest BCUT2D eigenvalue weighted by molar-refractivity contribution is 5.85. The molecule has 1 aliphatic rings. The minimum atomic E-state index is -4.30. The zero-order valence-corrected chi connectivity index (χ0v) is 13.1. The second kappa shape index (κ2) is 5.69. The van der Waals surface area contributed by atoms with Crippen LogP contribution in [-0.4, -0.2) is 4.57 Å². The zero-order chi connectivity index (χ0) is 16.7. The number of hydrogen-bond acceptors (Lipinski definition) is 0. The van der Waals surface area contributed by atoms with Crippen LogP contribution in [0.3, 0.4) is 0 Å². The summed E-state index contributed by atoms with van der Waals surface area (Å²) in [5.74, 6) is 0.767. The first-order valence-electron chi connectivity index (χ1n) is 8.19. The Morgan fingerprint density at radius 3 is 2.33 bits per heavy atom. The predicted octanol–water partition coefficient (Wildman–Crippen LogP) is 5.93. The summed E-state index contributed by atoms with van der Waals surface area (Å²) in [6.45, 7) is 1.03. The number of halogens is 3. The number of rotatable bonds is 3. The fourth-order valence-electron chi connectivity index (χ4n) is 3.25. The van der Waals surface area contributed by atoms with Crippen molar-refractivity contribution in [2.75, 3.05) is 0 Å². The van der Waals surface area contributed by atoms with Crippen LogP contribution >= 0.6 is 0 Å². The van der Waals surface area contributed by atoms with E-state index in [9.17, 15) is 13.2 Å². The van der Waals surface area contributed by atoms with Crippen LogP contribution in [0.4, 0.5) is 13.2 Å². The Morgan fingerprint density at radius 1 is 1.00 bits per heavy atom. The van der Waals surface area contributed by atoms with Gasteiger partial charge < -0.3 is 4.57 Å². The third-order valence-electron chi connectivity index (χ3n) is 4.91. The first-order valence-corrected chi connectivity index (χ1v) is 8.19. The summed E-state index contributed by atoms with van der Waals surface area (Å²) in [5.41, 5.74) is 2.21. The molecule has 0 atom stereocenters. The summed E-state index contributed by atoms with van der Waals surface area (Å²) in [7, 11) is 0. The van der Waals surface area contributed by atoms with E-state index in [0.717, 1.165) is 46.6 Å². The van der Waals surface area contributed by atoms with Gasteiger partial charge in [-0.3, -0.25) is 0 Å². The molecule has 24 heavy (non-hydrogen) atoms. The van der Waals surface area contributed by atoms with Gasteiger partial charge in [-0.15, -0.1) is 0 Å². The van der Waals surface area contributed by atoms with Crippen molar-refractivity contribution in [3.63, 3.8) is 0 Å². The number of benzene rings is 2. The summed E-state index contributed by atoms with van der Waals surface area (Å²) in [5, 5.41) is 1.01. The van der Waals surface area contributed by atoms with Crippen molar-refractivity contribution in [1.29, 1.82) is 0 Å². The molecule has 1 fully saturated rings. The van der Waals surface area contributed by atoms with Gasteiger partial charge in [0.05, 0.1) is 5.56 Å². The third-order valence-corrected chi connectivity index (χ3v) is 4.91. The number of hydrogen-bond donors (Lipinski definition) is 0. The molecule has 1 aliphatic carbocycles. The Labute approximate surface area is 138 Å². The lowest BCUT2D eigenvalue weighted by Gasteiger charge is -2.26. The summed E-state index contributed by atoms with van der Waals surface area (Å²) in [6.07, 6.45) is 1.60. The van der Waals surface area contributed by atoms with Gasteiger partial charge in [0.25, 0.3) is 0 Å². The molecule has 1 heterocycles. The molecular formula is C20H17F3N. The van der Waals surface area contributed by atoms with Crippen LogP contribution in [0.2, 0.25) is 0 Å². The quantitative estimate of drug-likeness (QED) is 0.562. The summed E-state index contributed by atoms with van der Waals surface area (Å²) < 4.78 is 40.2. The number of nitrogens with zero attached hydrogens (tertiary/aromatic N) is 1. The van der Waals surface area contributed by atoms with E-state index in [1.807, 2.05) is 24.4 Å². The Morgan fingerprint density at radius 2 is 1.71 bits per heavy atom. The molecule has 0 amide bonds. The van der Waals surface area contributed by atoms with Gasteiger partial charge >= 0.3 is 6.18 Å². The van der Waals surface area contributed by atoms with Crippen LogP contribution in [0.15, 0.2) is 48.7 Å². The van der Waals surface area contributed by atoms with Crippen molar-refractivity contribution in [2.45, 2.75) is 32.0 Å². The van der Waals surface area contributed by atoms with Crippen LogP contribution in [-0.2, 0) is 12.7 Å². The molecule has 1 aromatic heterocycles. The summed E-state index contributed by atoms with van der Waals surface area (Å²) in [6, 6.07) is 14.6. The minimum absolute atomic E-state index is 0.620. The highest BCUT2D eigenvalue weighted by Gasteiger charge is 2.30. The fourth-order valence-corrected chi connectivity index (χ4v) is 3.25. The van der Waals surface area contributed by atoms with E-state index in [4.69, 9.17) is 0 Å². The highest BCUT2D eigenvalue weighted by atomic mass is 19.4. The van der Waals surface area contributed by atoms with Crippen LogP contribution in [0, 0.1) is 12.0 Å². The molecule has 0 bridgehead atoms. The van der Waals surface area contributed by atoms with Gasteiger partial charge in [-0.05, 0) is 54.2 Å². The number of aromatic nitrogens is 1. The summed E-state index contributed by atoms with van der Waals surface area (Å²) >= 11 is 0. The normalized spacial score (nSPS) is 15.6. The van der Waals surface area contributed by atoms with Gasteiger partial charge in [-0.1, -0.05) is 24.6 Å². The Bertz CT molecular complexity index is 855. The van der Waals surface area contributed by atoms with Crippen LogP contribution in [0.5, 0.6) is 0 Å². The van der Waals surface area contributed by atoms with Gasteiger partial charge in [-0.2, -0.15) is 13.2 Å². The van der Waals surface area contributed by atoms with E-state index in [2.05, 4.69) is 10.6 Å². The smallest absolute Gasteiger partial charge is 0.347 e. The summed E-state index contributed by atoms with van der Waals surface area (Å²) in [4.78, 5) is 0. The fraction of sp³-hybridized carbons (Fsp3) is 0.300. The molecule has 0 N–H and O–H groups in total. The molecule has 1 radical (unpaired) electrons. The largest absolute Gasteiger partial charge is 0.416 e. The molecular weight excluding hydrogens is 311 g/mol. The third kappa shape index (κ3) is 2.81. The number of alkyl halides is 3. The molecule has 2 aromatic carbocycles. The maximum absolute atomic E-state index is 12.7. The van der Waals surface area contributed by atoms with E-state index in [0.29, 0.717) is 0 Å². The lowest BCUT2D eigenvalue weighted by molar-refractivity contribution is -0.137. The van der Waals surface area contributed by atoms with Gasteiger partial charge in [0.2, 0.25) is 0 Å². The number of fused-ring (bicyclic) bond motifs is 1. The van der Waals surface area contributed by atoms with Crippen molar-refractivity contribution in [3.05, 3.63) is 60.3 Å². The Kier molecular flexibility index (Phi) is 3.63. The van der Waals surface area contributed by atoms with Crippen LogP contribution < -0.4 is 0 Å². The predicted molar refractivity (Wildman–Crippen MR) is 88.6 cm³/mol.